The Bertz CT molecular complexity index is 338. The highest BCUT2D eigenvalue weighted by Crippen LogP contribution is 2.18. The number of hydrogen-bond acceptors (Lipinski definition) is 2. The summed E-state index contributed by atoms with van der Waals surface area (Å²) in [6.45, 7) is 5.41. The van der Waals surface area contributed by atoms with Crippen molar-refractivity contribution >= 4 is 15.9 Å². The molecule has 0 aliphatic rings. The van der Waals surface area contributed by atoms with Gasteiger partial charge in [-0.05, 0) is 32.0 Å². The topological polar surface area (TPSA) is 23.5 Å². The van der Waals surface area contributed by atoms with Crippen molar-refractivity contribution in [1.29, 1.82) is 0 Å². The van der Waals surface area contributed by atoms with Crippen LogP contribution in [0.3, 0.4) is 0 Å². The second-order valence-corrected chi connectivity index (χ2v) is 5.47. The molecule has 0 saturated heterocycles. The molecule has 1 aromatic rings. The molecule has 1 rings (SSSR count). The fourth-order valence-electron chi connectivity index (χ4n) is 1.67. The van der Waals surface area contributed by atoms with Crippen LogP contribution in [0.4, 0.5) is 0 Å². The molecule has 0 fully saturated rings. The summed E-state index contributed by atoms with van der Waals surface area (Å²) in [5.74, 6) is 0. The van der Waals surface area contributed by atoms with Gasteiger partial charge in [0.05, 0.1) is 5.60 Å². The lowest BCUT2D eigenvalue weighted by atomic mass is 10.0. The summed E-state index contributed by atoms with van der Waals surface area (Å²) in [6, 6.07) is 8.18. The predicted octanol–water partition coefficient (Wildman–Crippen LogP) is 3.04. The van der Waals surface area contributed by atoms with Crippen LogP contribution in [0.15, 0.2) is 28.7 Å². The molecular weight excluding hydrogens is 266 g/mol. The van der Waals surface area contributed by atoms with Gasteiger partial charge in [0.1, 0.15) is 0 Å². The molecule has 0 amide bonds. The second-order valence-electron chi connectivity index (χ2n) is 4.61. The minimum atomic E-state index is -0.601. The summed E-state index contributed by atoms with van der Waals surface area (Å²) < 4.78 is 1.12. The van der Waals surface area contributed by atoms with Crippen molar-refractivity contribution in [2.45, 2.75) is 32.4 Å². The Morgan fingerprint density at radius 2 is 2.00 bits per heavy atom. The average molecular weight is 286 g/mol. The van der Waals surface area contributed by atoms with Gasteiger partial charge in [0.2, 0.25) is 0 Å². The normalized spacial score (nSPS) is 15.1. The van der Waals surface area contributed by atoms with E-state index >= 15 is 0 Å². The van der Waals surface area contributed by atoms with E-state index in [0.717, 1.165) is 17.4 Å². The van der Waals surface area contributed by atoms with Crippen molar-refractivity contribution in [2.24, 2.45) is 0 Å². The van der Waals surface area contributed by atoms with Crippen LogP contribution < -0.4 is 0 Å². The van der Waals surface area contributed by atoms with Crippen molar-refractivity contribution in [3.63, 3.8) is 0 Å². The lowest BCUT2D eigenvalue weighted by Crippen LogP contribution is -2.38. The molecule has 0 bridgehead atoms. The van der Waals surface area contributed by atoms with Gasteiger partial charge in [-0.3, -0.25) is 4.90 Å². The van der Waals surface area contributed by atoms with E-state index < -0.39 is 5.60 Å². The maximum Gasteiger partial charge on any atom is 0.0743 e. The maximum atomic E-state index is 9.99. The van der Waals surface area contributed by atoms with Crippen LogP contribution in [0.2, 0.25) is 0 Å². The smallest absolute Gasteiger partial charge is 0.0743 e. The van der Waals surface area contributed by atoms with Crippen molar-refractivity contribution in [3.8, 4) is 0 Å². The van der Waals surface area contributed by atoms with Gasteiger partial charge in [-0.2, -0.15) is 0 Å². The Labute approximate surface area is 106 Å². The van der Waals surface area contributed by atoms with Crippen LogP contribution in [-0.4, -0.2) is 29.2 Å². The standard InChI is InChI=1S/C13H20BrNO/c1-4-13(2,16)10-15(3)9-11-7-5-6-8-12(11)14/h5-8,16H,4,9-10H2,1-3H3. The van der Waals surface area contributed by atoms with Crippen LogP contribution in [0.25, 0.3) is 0 Å². The highest BCUT2D eigenvalue weighted by Gasteiger charge is 2.19. The third kappa shape index (κ3) is 4.24. The molecule has 0 aromatic heterocycles. The molecule has 1 unspecified atom stereocenters. The lowest BCUT2D eigenvalue weighted by molar-refractivity contribution is 0.0217. The minimum Gasteiger partial charge on any atom is -0.389 e. The molecule has 1 atom stereocenters. The van der Waals surface area contributed by atoms with Crippen LogP contribution in [0.5, 0.6) is 0 Å². The molecular formula is C13H20BrNO. The number of nitrogens with zero attached hydrogens (tertiary/aromatic N) is 1. The van der Waals surface area contributed by atoms with Crippen LogP contribution in [-0.2, 0) is 6.54 Å². The van der Waals surface area contributed by atoms with Crippen LogP contribution >= 0.6 is 15.9 Å². The summed E-state index contributed by atoms with van der Waals surface area (Å²) >= 11 is 3.53. The highest BCUT2D eigenvalue weighted by atomic mass is 79.9. The fraction of sp³-hybridized carbons (Fsp3) is 0.538. The fourth-order valence-corrected chi connectivity index (χ4v) is 2.08. The number of hydrogen-bond donors (Lipinski definition) is 1. The maximum absolute atomic E-state index is 9.99. The third-order valence-electron chi connectivity index (χ3n) is 2.77. The number of aliphatic hydroxyl groups is 1. The summed E-state index contributed by atoms with van der Waals surface area (Å²) in [6.07, 6.45) is 0.771. The molecule has 0 aliphatic heterocycles. The van der Waals surface area contributed by atoms with Gasteiger partial charge in [0, 0.05) is 17.6 Å². The number of benzene rings is 1. The Kier molecular flexibility index (Phi) is 4.96. The lowest BCUT2D eigenvalue weighted by Gasteiger charge is -2.28. The number of rotatable bonds is 5. The van der Waals surface area contributed by atoms with Crippen molar-refractivity contribution in [3.05, 3.63) is 34.3 Å². The van der Waals surface area contributed by atoms with E-state index in [1.807, 2.05) is 39.1 Å². The third-order valence-corrected chi connectivity index (χ3v) is 3.54. The molecule has 0 heterocycles. The summed E-state index contributed by atoms with van der Waals surface area (Å²) in [7, 11) is 2.03. The van der Waals surface area contributed by atoms with Gasteiger partial charge < -0.3 is 5.11 Å². The van der Waals surface area contributed by atoms with Crippen molar-refractivity contribution < 1.29 is 5.11 Å². The SMILES string of the molecule is CCC(C)(O)CN(C)Cc1ccccc1Br. The van der Waals surface area contributed by atoms with E-state index in [-0.39, 0.29) is 0 Å². The van der Waals surface area contributed by atoms with Crippen molar-refractivity contribution in [2.75, 3.05) is 13.6 Å². The van der Waals surface area contributed by atoms with Crippen LogP contribution in [0.1, 0.15) is 25.8 Å². The Balaban J connectivity index is 2.58. The Hall–Kier alpha value is -0.380. The van der Waals surface area contributed by atoms with Gasteiger partial charge in [-0.25, -0.2) is 0 Å². The van der Waals surface area contributed by atoms with Gasteiger partial charge in [0.15, 0.2) is 0 Å². The summed E-state index contributed by atoms with van der Waals surface area (Å²) in [4.78, 5) is 2.14. The number of likely N-dealkylation sites (N-methyl/N-ethyl adjacent to an activating group) is 1. The minimum absolute atomic E-state index is 0.601. The van der Waals surface area contributed by atoms with Gasteiger partial charge in [-0.1, -0.05) is 41.1 Å². The molecule has 3 heteroatoms. The molecule has 0 aliphatic carbocycles. The zero-order chi connectivity index (χ0) is 12.2. The largest absolute Gasteiger partial charge is 0.389 e. The van der Waals surface area contributed by atoms with E-state index in [2.05, 4.69) is 26.9 Å². The highest BCUT2D eigenvalue weighted by molar-refractivity contribution is 9.10. The van der Waals surface area contributed by atoms with Gasteiger partial charge in [-0.15, -0.1) is 0 Å². The molecule has 16 heavy (non-hydrogen) atoms. The molecule has 0 spiro atoms. The first-order valence-electron chi connectivity index (χ1n) is 5.59. The summed E-state index contributed by atoms with van der Waals surface area (Å²) in [5.41, 5.74) is 0.646. The van der Waals surface area contributed by atoms with Gasteiger partial charge >= 0.3 is 0 Å². The van der Waals surface area contributed by atoms with E-state index in [4.69, 9.17) is 0 Å². The zero-order valence-corrected chi connectivity index (χ0v) is 11.8. The number of halogens is 1. The zero-order valence-electron chi connectivity index (χ0n) is 10.2. The van der Waals surface area contributed by atoms with E-state index in [1.165, 1.54) is 5.56 Å². The van der Waals surface area contributed by atoms with E-state index in [0.29, 0.717) is 6.54 Å². The molecule has 0 saturated carbocycles. The monoisotopic (exact) mass is 285 g/mol. The first-order chi connectivity index (χ1) is 7.44. The van der Waals surface area contributed by atoms with Crippen LogP contribution in [0, 0.1) is 0 Å². The van der Waals surface area contributed by atoms with Crippen molar-refractivity contribution in [1.82, 2.24) is 4.90 Å². The van der Waals surface area contributed by atoms with E-state index in [1.54, 1.807) is 0 Å². The molecule has 1 N–H and O–H groups in total. The first-order valence-corrected chi connectivity index (χ1v) is 6.38. The molecule has 1 aromatic carbocycles. The molecule has 0 radical (unpaired) electrons. The summed E-state index contributed by atoms with van der Waals surface area (Å²) in [5, 5.41) is 9.99. The molecule has 90 valence electrons. The predicted molar refractivity (Wildman–Crippen MR) is 71.4 cm³/mol. The quantitative estimate of drug-likeness (QED) is 0.899. The molecule has 2 nitrogen and oxygen atoms in total. The first kappa shape index (κ1) is 13.7. The Morgan fingerprint density at radius 3 is 2.56 bits per heavy atom. The van der Waals surface area contributed by atoms with E-state index in [9.17, 15) is 5.11 Å². The Morgan fingerprint density at radius 1 is 1.38 bits per heavy atom. The van der Waals surface area contributed by atoms with Gasteiger partial charge in [0.25, 0.3) is 0 Å². The average Bonchev–Trinajstić information content (AvgIpc) is 2.21. The second kappa shape index (κ2) is 5.80.